The van der Waals surface area contributed by atoms with E-state index in [1.165, 1.54) is 17.7 Å². The Balaban J connectivity index is 1.54. The molecule has 6 heteroatoms. The van der Waals surface area contributed by atoms with Crippen molar-refractivity contribution in [3.63, 3.8) is 0 Å². The predicted molar refractivity (Wildman–Crippen MR) is 116 cm³/mol. The Morgan fingerprint density at radius 1 is 0.900 bits per heavy atom. The summed E-state index contributed by atoms with van der Waals surface area (Å²) in [5, 5.41) is 9.34. The molecule has 3 rings (SSSR count). The molecule has 1 aliphatic rings. The van der Waals surface area contributed by atoms with E-state index in [0.29, 0.717) is 37.5 Å². The number of phenolic OH excluding ortho intramolecular Hbond substituents is 1. The van der Waals surface area contributed by atoms with Crippen LogP contribution in [0.15, 0.2) is 48.5 Å². The SMILES string of the molecule is CC(Oc1ccc(O)cc1)C(=O)N1CCN(C(=O)c2ccc(C(C)(C)C)cc2)CC1. The van der Waals surface area contributed by atoms with Gasteiger partial charge < -0.3 is 19.6 Å². The van der Waals surface area contributed by atoms with E-state index in [4.69, 9.17) is 4.74 Å². The molecule has 1 unspecified atom stereocenters. The molecule has 0 aromatic heterocycles. The molecule has 0 radical (unpaired) electrons. The zero-order valence-corrected chi connectivity index (χ0v) is 18.1. The van der Waals surface area contributed by atoms with Gasteiger partial charge in [0, 0.05) is 31.7 Å². The van der Waals surface area contributed by atoms with Gasteiger partial charge in [0.25, 0.3) is 11.8 Å². The number of ether oxygens (including phenoxy) is 1. The van der Waals surface area contributed by atoms with Gasteiger partial charge in [0.2, 0.25) is 0 Å². The Morgan fingerprint density at radius 2 is 1.43 bits per heavy atom. The Labute approximate surface area is 178 Å². The summed E-state index contributed by atoms with van der Waals surface area (Å²) in [5.74, 6) is 0.567. The number of hydrogen-bond donors (Lipinski definition) is 1. The highest BCUT2D eigenvalue weighted by Crippen LogP contribution is 2.23. The third kappa shape index (κ3) is 5.12. The zero-order chi connectivity index (χ0) is 21.9. The summed E-state index contributed by atoms with van der Waals surface area (Å²) in [5.41, 5.74) is 1.91. The zero-order valence-electron chi connectivity index (χ0n) is 18.1. The first-order valence-electron chi connectivity index (χ1n) is 10.3. The van der Waals surface area contributed by atoms with Crippen LogP contribution >= 0.6 is 0 Å². The van der Waals surface area contributed by atoms with E-state index in [1.54, 1.807) is 28.9 Å². The predicted octanol–water partition coefficient (Wildman–Crippen LogP) is 3.44. The molecule has 1 aliphatic heterocycles. The summed E-state index contributed by atoms with van der Waals surface area (Å²) in [6.45, 7) is 10.1. The highest BCUT2D eigenvalue weighted by atomic mass is 16.5. The van der Waals surface area contributed by atoms with Crippen LogP contribution in [0.5, 0.6) is 11.5 Å². The van der Waals surface area contributed by atoms with Crippen LogP contribution < -0.4 is 4.74 Å². The van der Waals surface area contributed by atoms with Crippen LogP contribution in [-0.2, 0) is 10.2 Å². The second kappa shape index (κ2) is 8.78. The topological polar surface area (TPSA) is 70.1 Å². The third-order valence-corrected chi connectivity index (χ3v) is 5.37. The van der Waals surface area contributed by atoms with E-state index in [9.17, 15) is 14.7 Å². The van der Waals surface area contributed by atoms with Crippen LogP contribution in [0.4, 0.5) is 0 Å². The van der Waals surface area contributed by atoms with Crippen molar-refractivity contribution in [3.8, 4) is 11.5 Å². The highest BCUT2D eigenvalue weighted by Gasteiger charge is 2.28. The maximum Gasteiger partial charge on any atom is 0.263 e. The molecule has 1 fully saturated rings. The molecule has 1 heterocycles. The Bertz CT molecular complexity index is 877. The monoisotopic (exact) mass is 410 g/mol. The molecule has 2 amide bonds. The van der Waals surface area contributed by atoms with Crippen molar-refractivity contribution in [3.05, 3.63) is 59.7 Å². The normalized spacial score (nSPS) is 15.6. The first-order valence-corrected chi connectivity index (χ1v) is 10.3. The lowest BCUT2D eigenvalue weighted by Gasteiger charge is -2.36. The van der Waals surface area contributed by atoms with Crippen molar-refractivity contribution >= 4 is 11.8 Å². The van der Waals surface area contributed by atoms with E-state index in [2.05, 4.69) is 20.8 Å². The molecule has 30 heavy (non-hydrogen) atoms. The van der Waals surface area contributed by atoms with Gasteiger partial charge >= 0.3 is 0 Å². The van der Waals surface area contributed by atoms with Crippen LogP contribution in [0.2, 0.25) is 0 Å². The number of carbonyl (C=O) groups is 2. The standard InChI is InChI=1S/C24H30N2O4/c1-17(30-21-11-9-20(27)10-12-21)22(28)25-13-15-26(16-14-25)23(29)18-5-7-19(8-6-18)24(2,3)4/h5-12,17,27H,13-16H2,1-4H3. The molecule has 6 nitrogen and oxygen atoms in total. The summed E-state index contributed by atoms with van der Waals surface area (Å²) in [7, 11) is 0. The molecular formula is C24H30N2O4. The molecule has 0 saturated carbocycles. The van der Waals surface area contributed by atoms with Gasteiger partial charge in [-0.05, 0) is 54.3 Å². The molecule has 160 valence electrons. The van der Waals surface area contributed by atoms with Crippen molar-refractivity contribution in [2.24, 2.45) is 0 Å². The average molecular weight is 411 g/mol. The lowest BCUT2D eigenvalue weighted by atomic mass is 9.86. The van der Waals surface area contributed by atoms with E-state index >= 15 is 0 Å². The number of aromatic hydroxyl groups is 1. The molecule has 1 N–H and O–H groups in total. The Morgan fingerprint density at radius 3 is 1.97 bits per heavy atom. The maximum atomic E-state index is 12.8. The number of hydrogen-bond acceptors (Lipinski definition) is 4. The largest absolute Gasteiger partial charge is 0.508 e. The lowest BCUT2D eigenvalue weighted by Crippen LogP contribution is -2.53. The van der Waals surface area contributed by atoms with Gasteiger partial charge in [-0.2, -0.15) is 0 Å². The van der Waals surface area contributed by atoms with Crippen molar-refractivity contribution in [2.45, 2.75) is 39.2 Å². The molecule has 2 aromatic carbocycles. The van der Waals surface area contributed by atoms with Gasteiger partial charge in [-0.1, -0.05) is 32.9 Å². The van der Waals surface area contributed by atoms with Crippen molar-refractivity contribution in [2.75, 3.05) is 26.2 Å². The van der Waals surface area contributed by atoms with Gasteiger partial charge in [-0.15, -0.1) is 0 Å². The number of phenols is 1. The van der Waals surface area contributed by atoms with Crippen molar-refractivity contribution < 1.29 is 19.4 Å². The van der Waals surface area contributed by atoms with Crippen molar-refractivity contribution in [1.82, 2.24) is 9.80 Å². The molecular weight excluding hydrogens is 380 g/mol. The van der Waals surface area contributed by atoms with Gasteiger partial charge in [0.15, 0.2) is 6.10 Å². The van der Waals surface area contributed by atoms with Crippen LogP contribution in [0.25, 0.3) is 0 Å². The van der Waals surface area contributed by atoms with Crippen LogP contribution in [0.3, 0.4) is 0 Å². The molecule has 0 bridgehead atoms. The van der Waals surface area contributed by atoms with Gasteiger partial charge in [-0.3, -0.25) is 9.59 Å². The minimum atomic E-state index is -0.637. The number of piperazine rings is 1. The van der Waals surface area contributed by atoms with Crippen LogP contribution in [0, 0.1) is 0 Å². The number of amides is 2. The van der Waals surface area contributed by atoms with E-state index < -0.39 is 6.10 Å². The third-order valence-electron chi connectivity index (χ3n) is 5.37. The summed E-state index contributed by atoms with van der Waals surface area (Å²) >= 11 is 0. The highest BCUT2D eigenvalue weighted by molar-refractivity contribution is 5.94. The fourth-order valence-electron chi connectivity index (χ4n) is 3.46. The van der Waals surface area contributed by atoms with E-state index in [-0.39, 0.29) is 23.0 Å². The molecule has 2 aromatic rings. The average Bonchev–Trinajstić information content (AvgIpc) is 2.74. The van der Waals surface area contributed by atoms with Gasteiger partial charge in [-0.25, -0.2) is 0 Å². The minimum Gasteiger partial charge on any atom is -0.508 e. The number of carbonyl (C=O) groups excluding carboxylic acids is 2. The summed E-state index contributed by atoms with van der Waals surface area (Å²) in [6.07, 6.45) is -0.637. The number of nitrogens with zero attached hydrogens (tertiary/aromatic N) is 2. The second-order valence-electron chi connectivity index (χ2n) is 8.70. The molecule has 0 aliphatic carbocycles. The summed E-state index contributed by atoms with van der Waals surface area (Å²) < 4.78 is 5.68. The molecule has 0 spiro atoms. The van der Waals surface area contributed by atoms with Gasteiger partial charge in [0.1, 0.15) is 11.5 Å². The lowest BCUT2D eigenvalue weighted by molar-refractivity contribution is -0.139. The fraction of sp³-hybridized carbons (Fsp3) is 0.417. The van der Waals surface area contributed by atoms with Crippen molar-refractivity contribution in [1.29, 1.82) is 0 Å². The van der Waals surface area contributed by atoms with Gasteiger partial charge in [0.05, 0.1) is 0 Å². The maximum absolute atomic E-state index is 12.8. The first kappa shape index (κ1) is 21.7. The fourth-order valence-corrected chi connectivity index (χ4v) is 3.46. The first-order chi connectivity index (χ1) is 14.1. The smallest absolute Gasteiger partial charge is 0.263 e. The van der Waals surface area contributed by atoms with Crippen LogP contribution in [-0.4, -0.2) is 59.0 Å². The Kier molecular flexibility index (Phi) is 6.34. The molecule has 1 atom stereocenters. The number of benzene rings is 2. The summed E-state index contributed by atoms with van der Waals surface area (Å²) in [6, 6.07) is 14.1. The van der Waals surface area contributed by atoms with Crippen LogP contribution in [0.1, 0.15) is 43.6 Å². The molecule has 1 saturated heterocycles. The van der Waals surface area contributed by atoms with E-state index in [0.717, 1.165) is 0 Å². The minimum absolute atomic E-state index is 0.00375. The summed E-state index contributed by atoms with van der Waals surface area (Å²) in [4.78, 5) is 29.0. The quantitative estimate of drug-likeness (QED) is 0.838. The van der Waals surface area contributed by atoms with E-state index in [1.807, 2.05) is 24.3 Å². The number of rotatable bonds is 4. The second-order valence-corrected chi connectivity index (χ2v) is 8.70. The Hall–Kier alpha value is -3.02.